The van der Waals surface area contributed by atoms with Crippen molar-refractivity contribution in [2.45, 2.75) is 5.92 Å². The van der Waals surface area contributed by atoms with E-state index in [9.17, 15) is 10.1 Å². The van der Waals surface area contributed by atoms with Crippen molar-refractivity contribution in [1.82, 2.24) is 4.98 Å². The topological polar surface area (TPSA) is 91.9 Å². The fourth-order valence-corrected chi connectivity index (χ4v) is 3.44. The number of nitrogens with two attached hydrogens (primary N) is 1. The normalized spacial score (nSPS) is 16.2. The number of hydrogen-bond acceptors (Lipinski definition) is 4. The van der Waals surface area contributed by atoms with E-state index in [1.165, 1.54) is 0 Å². The summed E-state index contributed by atoms with van der Waals surface area (Å²) in [6, 6.07) is 16.4. The second-order valence-electron chi connectivity index (χ2n) is 5.69. The molecule has 4 rings (SSSR count). The third-order valence-corrected chi connectivity index (χ3v) is 4.64. The molecule has 2 heterocycles. The molecule has 0 amide bonds. The molecule has 6 heteroatoms. The highest BCUT2D eigenvalue weighted by Crippen LogP contribution is 2.44. The number of aromatic nitrogens is 1. The molecular formula is C19H12ClN3O2. The van der Waals surface area contributed by atoms with Crippen LogP contribution >= 0.6 is 11.6 Å². The Bertz CT molecular complexity index is 1140. The number of para-hydroxylation sites is 1. The lowest BCUT2D eigenvalue weighted by Gasteiger charge is -2.27. The van der Waals surface area contributed by atoms with Crippen molar-refractivity contribution in [3.63, 3.8) is 0 Å². The number of fused-ring (bicyclic) bond motifs is 3. The first-order chi connectivity index (χ1) is 12.1. The molecule has 0 saturated carbocycles. The Labute approximate surface area is 147 Å². The van der Waals surface area contributed by atoms with E-state index in [4.69, 9.17) is 22.1 Å². The van der Waals surface area contributed by atoms with Gasteiger partial charge < -0.3 is 15.5 Å². The highest BCUT2D eigenvalue weighted by atomic mass is 35.5. The van der Waals surface area contributed by atoms with E-state index in [1.807, 2.05) is 18.2 Å². The van der Waals surface area contributed by atoms with Crippen LogP contribution < -0.4 is 16.0 Å². The minimum absolute atomic E-state index is 0.0179. The molecule has 1 unspecified atom stereocenters. The number of hydrogen-bond donors (Lipinski definition) is 2. The van der Waals surface area contributed by atoms with Crippen LogP contribution in [0.4, 0.5) is 0 Å². The fraction of sp³-hybridized carbons (Fsp3) is 0.0526. The maximum absolute atomic E-state index is 12.8. The summed E-state index contributed by atoms with van der Waals surface area (Å²) in [5.41, 5.74) is 7.44. The predicted molar refractivity (Wildman–Crippen MR) is 95.3 cm³/mol. The number of H-pyrrole nitrogens is 1. The van der Waals surface area contributed by atoms with Gasteiger partial charge in [-0.3, -0.25) is 4.79 Å². The molecular weight excluding hydrogens is 338 g/mol. The lowest BCUT2D eigenvalue weighted by Crippen LogP contribution is -2.28. The molecule has 1 aromatic heterocycles. The second-order valence-corrected chi connectivity index (χ2v) is 6.10. The minimum Gasteiger partial charge on any atom is -0.439 e. The SMILES string of the molecule is N#CC1=C(N)Oc2c(c(=O)[nH]c3ccccc23)C1c1ccccc1Cl. The molecule has 1 atom stereocenters. The molecule has 25 heavy (non-hydrogen) atoms. The van der Waals surface area contributed by atoms with Crippen molar-refractivity contribution in [2.24, 2.45) is 5.73 Å². The zero-order chi connectivity index (χ0) is 17.6. The molecule has 5 nitrogen and oxygen atoms in total. The highest BCUT2D eigenvalue weighted by molar-refractivity contribution is 6.31. The number of nitriles is 1. The Morgan fingerprint density at radius 1 is 1.16 bits per heavy atom. The smallest absolute Gasteiger partial charge is 0.256 e. The average Bonchev–Trinajstić information content (AvgIpc) is 2.61. The molecule has 0 aliphatic carbocycles. The number of rotatable bonds is 1. The second kappa shape index (κ2) is 5.69. The minimum atomic E-state index is -0.684. The van der Waals surface area contributed by atoms with Gasteiger partial charge in [0.1, 0.15) is 17.4 Å². The van der Waals surface area contributed by atoms with E-state index in [0.29, 0.717) is 32.8 Å². The summed E-state index contributed by atoms with van der Waals surface area (Å²) in [7, 11) is 0. The first-order valence-corrected chi connectivity index (χ1v) is 7.96. The summed E-state index contributed by atoms with van der Waals surface area (Å²) in [5, 5.41) is 10.8. The molecule has 3 N–H and O–H groups in total. The Morgan fingerprint density at radius 3 is 2.64 bits per heavy atom. The van der Waals surface area contributed by atoms with E-state index < -0.39 is 5.92 Å². The van der Waals surface area contributed by atoms with Gasteiger partial charge in [-0.2, -0.15) is 5.26 Å². The maximum atomic E-state index is 12.8. The Kier molecular flexibility index (Phi) is 3.48. The number of aromatic amines is 1. The summed E-state index contributed by atoms with van der Waals surface area (Å²) in [6.45, 7) is 0. The van der Waals surface area contributed by atoms with Crippen LogP contribution in [0, 0.1) is 11.3 Å². The Balaban J connectivity index is 2.12. The molecule has 2 aromatic carbocycles. The monoisotopic (exact) mass is 349 g/mol. The number of nitrogens with one attached hydrogen (secondary N) is 1. The van der Waals surface area contributed by atoms with E-state index in [1.54, 1.807) is 30.3 Å². The zero-order valence-electron chi connectivity index (χ0n) is 12.9. The fourth-order valence-electron chi connectivity index (χ4n) is 3.19. The molecule has 3 aromatic rings. The molecule has 0 bridgehead atoms. The number of benzene rings is 2. The van der Waals surface area contributed by atoms with Crippen LogP contribution in [0.15, 0.2) is 64.8 Å². The summed E-state index contributed by atoms with van der Waals surface area (Å²) < 4.78 is 5.69. The quantitative estimate of drug-likeness (QED) is 0.704. The molecule has 1 aliphatic rings. The maximum Gasteiger partial charge on any atom is 0.256 e. The average molecular weight is 350 g/mol. The summed E-state index contributed by atoms with van der Waals surface area (Å²) in [6.07, 6.45) is 0. The van der Waals surface area contributed by atoms with E-state index >= 15 is 0 Å². The number of nitrogens with zero attached hydrogens (tertiary/aromatic N) is 1. The third kappa shape index (κ3) is 2.27. The predicted octanol–water partition coefficient (Wildman–Crippen LogP) is 3.40. The molecule has 0 fully saturated rings. The lowest BCUT2D eigenvalue weighted by molar-refractivity contribution is 0.397. The first kappa shape index (κ1) is 15.3. The summed E-state index contributed by atoms with van der Waals surface area (Å²) in [5.74, 6) is -0.341. The van der Waals surface area contributed by atoms with Gasteiger partial charge in [0.25, 0.3) is 5.56 Å². The van der Waals surface area contributed by atoms with Crippen LogP contribution in [0.2, 0.25) is 5.02 Å². The molecule has 0 radical (unpaired) electrons. The van der Waals surface area contributed by atoms with Gasteiger partial charge >= 0.3 is 0 Å². The number of ether oxygens (including phenoxy) is 1. The van der Waals surface area contributed by atoms with Crippen LogP contribution in [0.3, 0.4) is 0 Å². The molecule has 122 valence electrons. The highest BCUT2D eigenvalue weighted by Gasteiger charge is 2.35. The zero-order valence-corrected chi connectivity index (χ0v) is 13.7. The van der Waals surface area contributed by atoms with E-state index in [2.05, 4.69) is 11.1 Å². The largest absolute Gasteiger partial charge is 0.439 e. The van der Waals surface area contributed by atoms with Crippen molar-refractivity contribution in [2.75, 3.05) is 0 Å². The Morgan fingerprint density at radius 2 is 1.88 bits per heavy atom. The van der Waals surface area contributed by atoms with Gasteiger partial charge in [-0.15, -0.1) is 0 Å². The van der Waals surface area contributed by atoms with Crippen molar-refractivity contribution >= 4 is 22.5 Å². The van der Waals surface area contributed by atoms with Gasteiger partial charge in [0.2, 0.25) is 5.88 Å². The summed E-state index contributed by atoms with van der Waals surface area (Å²) in [4.78, 5) is 15.6. The van der Waals surface area contributed by atoms with E-state index in [0.717, 1.165) is 0 Å². The van der Waals surface area contributed by atoms with Crippen LogP contribution in [0.5, 0.6) is 5.75 Å². The van der Waals surface area contributed by atoms with Gasteiger partial charge in [0.15, 0.2) is 0 Å². The Hall–Kier alpha value is -3.23. The first-order valence-electron chi connectivity index (χ1n) is 7.58. The van der Waals surface area contributed by atoms with Gasteiger partial charge in [0.05, 0.1) is 17.0 Å². The molecule has 0 saturated heterocycles. The van der Waals surface area contributed by atoms with Gasteiger partial charge in [-0.1, -0.05) is 41.9 Å². The number of halogens is 1. The van der Waals surface area contributed by atoms with Crippen molar-refractivity contribution in [1.29, 1.82) is 5.26 Å². The summed E-state index contributed by atoms with van der Waals surface area (Å²) >= 11 is 6.34. The third-order valence-electron chi connectivity index (χ3n) is 4.30. The van der Waals surface area contributed by atoms with Crippen molar-refractivity contribution in [3.05, 3.63) is 86.5 Å². The molecule has 1 aliphatic heterocycles. The number of allylic oxidation sites excluding steroid dienone is 1. The van der Waals surface area contributed by atoms with Crippen LogP contribution in [-0.2, 0) is 0 Å². The van der Waals surface area contributed by atoms with Crippen molar-refractivity contribution < 1.29 is 4.74 Å². The van der Waals surface area contributed by atoms with E-state index in [-0.39, 0.29) is 17.0 Å². The van der Waals surface area contributed by atoms with Gasteiger partial charge in [-0.05, 0) is 23.8 Å². The van der Waals surface area contributed by atoms with Crippen molar-refractivity contribution in [3.8, 4) is 11.8 Å². The standard InChI is InChI=1S/C19H12ClN3O2/c20-13-7-3-1-5-10(13)15-12(9-21)18(22)25-17-11-6-2-4-8-14(11)23-19(24)16(15)17/h1-8,15H,22H2,(H,23,24). The van der Waals surface area contributed by atoms with Crippen LogP contribution in [0.25, 0.3) is 10.9 Å². The van der Waals surface area contributed by atoms with Gasteiger partial charge in [0, 0.05) is 10.4 Å². The molecule has 0 spiro atoms. The number of pyridine rings is 1. The lowest BCUT2D eigenvalue weighted by atomic mass is 9.83. The van der Waals surface area contributed by atoms with Crippen LogP contribution in [-0.4, -0.2) is 4.98 Å². The van der Waals surface area contributed by atoms with Crippen LogP contribution in [0.1, 0.15) is 17.0 Å². The van der Waals surface area contributed by atoms with Gasteiger partial charge in [-0.25, -0.2) is 0 Å².